The standard InChI is InChI=1S/C10H13N3O2/c14-13-7-12-9-3-4-10(11-5-9)15-6-8-1-2-8/h3-5,7-8,14H,1-2,6H2,(H,12,13). The van der Waals surface area contributed by atoms with Crippen LogP contribution in [0.1, 0.15) is 12.8 Å². The Morgan fingerprint density at radius 3 is 3.07 bits per heavy atom. The first-order chi connectivity index (χ1) is 7.38. The smallest absolute Gasteiger partial charge is 0.213 e. The number of nitrogens with zero attached hydrogens (tertiary/aromatic N) is 2. The number of aromatic nitrogens is 1. The van der Waals surface area contributed by atoms with E-state index < -0.39 is 0 Å². The lowest BCUT2D eigenvalue weighted by atomic mass is 10.4. The molecule has 5 nitrogen and oxygen atoms in total. The lowest BCUT2D eigenvalue weighted by Gasteiger charge is -2.03. The molecule has 80 valence electrons. The van der Waals surface area contributed by atoms with Crippen molar-refractivity contribution in [2.75, 3.05) is 6.61 Å². The van der Waals surface area contributed by atoms with Gasteiger partial charge in [0.1, 0.15) is 6.34 Å². The summed E-state index contributed by atoms with van der Waals surface area (Å²) in [5.41, 5.74) is 2.49. The number of rotatable bonds is 5. The van der Waals surface area contributed by atoms with Crippen LogP contribution in [-0.4, -0.2) is 23.1 Å². The van der Waals surface area contributed by atoms with E-state index in [4.69, 9.17) is 9.94 Å². The molecule has 2 N–H and O–H groups in total. The van der Waals surface area contributed by atoms with Crippen LogP contribution in [0.5, 0.6) is 5.88 Å². The van der Waals surface area contributed by atoms with E-state index in [0.717, 1.165) is 12.5 Å². The van der Waals surface area contributed by atoms with E-state index in [-0.39, 0.29) is 0 Å². The summed E-state index contributed by atoms with van der Waals surface area (Å²) in [6, 6.07) is 3.55. The highest BCUT2D eigenvalue weighted by Crippen LogP contribution is 2.29. The molecule has 0 radical (unpaired) electrons. The number of hydrogen-bond acceptors (Lipinski definition) is 4. The van der Waals surface area contributed by atoms with E-state index in [1.165, 1.54) is 19.2 Å². The van der Waals surface area contributed by atoms with Crippen molar-refractivity contribution < 1.29 is 9.94 Å². The molecule has 1 aromatic heterocycles. The second kappa shape index (κ2) is 4.75. The van der Waals surface area contributed by atoms with Gasteiger partial charge in [-0.25, -0.2) is 9.98 Å². The highest BCUT2D eigenvalue weighted by Gasteiger charge is 2.21. The molecule has 0 saturated heterocycles. The molecule has 15 heavy (non-hydrogen) atoms. The largest absolute Gasteiger partial charge is 0.477 e. The Balaban J connectivity index is 1.87. The predicted octanol–water partition coefficient (Wildman–Crippen LogP) is 1.51. The highest BCUT2D eigenvalue weighted by molar-refractivity contribution is 5.59. The van der Waals surface area contributed by atoms with Crippen LogP contribution in [0.3, 0.4) is 0 Å². The predicted molar refractivity (Wildman–Crippen MR) is 55.5 cm³/mol. The average molecular weight is 207 g/mol. The van der Waals surface area contributed by atoms with Gasteiger partial charge in [-0.2, -0.15) is 0 Å². The van der Waals surface area contributed by atoms with Crippen LogP contribution in [0, 0.1) is 5.92 Å². The molecule has 0 bridgehead atoms. The lowest BCUT2D eigenvalue weighted by molar-refractivity contribution is 0.240. The molecule has 1 heterocycles. The lowest BCUT2D eigenvalue weighted by Crippen LogP contribution is -2.01. The van der Waals surface area contributed by atoms with Gasteiger partial charge in [0.2, 0.25) is 5.88 Å². The van der Waals surface area contributed by atoms with Crippen LogP contribution >= 0.6 is 0 Å². The average Bonchev–Trinajstić information content (AvgIpc) is 3.09. The minimum atomic E-state index is 0.623. The molecule has 1 aromatic rings. The number of nitrogens with one attached hydrogen (secondary N) is 1. The Labute approximate surface area is 87.8 Å². The van der Waals surface area contributed by atoms with E-state index in [0.29, 0.717) is 11.6 Å². The topological polar surface area (TPSA) is 66.7 Å². The van der Waals surface area contributed by atoms with Crippen molar-refractivity contribution in [2.24, 2.45) is 10.9 Å². The van der Waals surface area contributed by atoms with Crippen LogP contribution in [-0.2, 0) is 0 Å². The molecule has 1 aliphatic carbocycles. The molecule has 0 atom stereocenters. The molecule has 2 rings (SSSR count). The molecule has 1 fully saturated rings. The Bertz CT molecular complexity index is 333. The maximum atomic E-state index is 8.29. The minimum absolute atomic E-state index is 0.623. The van der Waals surface area contributed by atoms with Gasteiger partial charge in [0, 0.05) is 6.07 Å². The third-order valence-corrected chi connectivity index (χ3v) is 2.16. The normalized spacial score (nSPS) is 15.5. The maximum absolute atomic E-state index is 8.29. The third kappa shape index (κ3) is 3.21. The number of aliphatic imine (C=N–C) groups is 1. The van der Waals surface area contributed by atoms with Crippen LogP contribution in [0.15, 0.2) is 23.3 Å². The van der Waals surface area contributed by atoms with E-state index >= 15 is 0 Å². The molecule has 0 unspecified atom stereocenters. The van der Waals surface area contributed by atoms with Crippen molar-refractivity contribution in [3.63, 3.8) is 0 Å². The summed E-state index contributed by atoms with van der Waals surface area (Å²) in [4.78, 5) is 7.96. The van der Waals surface area contributed by atoms with Crippen molar-refractivity contribution in [3.8, 4) is 5.88 Å². The fourth-order valence-electron chi connectivity index (χ4n) is 1.13. The Kier molecular flexibility index (Phi) is 3.14. The summed E-state index contributed by atoms with van der Waals surface area (Å²) in [6.45, 7) is 0.758. The number of pyridine rings is 1. The van der Waals surface area contributed by atoms with E-state index in [1.54, 1.807) is 18.3 Å². The van der Waals surface area contributed by atoms with Gasteiger partial charge >= 0.3 is 0 Å². The SMILES string of the molecule is ONC=Nc1ccc(OCC2CC2)nc1. The zero-order valence-corrected chi connectivity index (χ0v) is 8.26. The first kappa shape index (κ1) is 9.92. The molecule has 1 saturated carbocycles. The van der Waals surface area contributed by atoms with Gasteiger partial charge in [0.25, 0.3) is 0 Å². The van der Waals surface area contributed by atoms with Crippen LogP contribution < -0.4 is 10.2 Å². The summed E-state index contributed by atoms with van der Waals surface area (Å²) in [6.07, 6.45) is 5.31. The number of hydroxylamine groups is 1. The summed E-state index contributed by atoms with van der Waals surface area (Å²) >= 11 is 0. The Hall–Kier alpha value is -1.62. The number of hydrogen-bond donors (Lipinski definition) is 2. The molecule has 0 aliphatic heterocycles. The molecule has 1 aliphatic rings. The van der Waals surface area contributed by atoms with Crippen molar-refractivity contribution in [1.29, 1.82) is 0 Å². The maximum Gasteiger partial charge on any atom is 0.213 e. The second-order valence-corrected chi connectivity index (χ2v) is 3.50. The summed E-state index contributed by atoms with van der Waals surface area (Å²) < 4.78 is 5.46. The van der Waals surface area contributed by atoms with Crippen molar-refractivity contribution in [1.82, 2.24) is 10.5 Å². The van der Waals surface area contributed by atoms with Crippen LogP contribution in [0.4, 0.5) is 5.69 Å². The monoisotopic (exact) mass is 207 g/mol. The van der Waals surface area contributed by atoms with Gasteiger partial charge in [-0.15, -0.1) is 0 Å². The van der Waals surface area contributed by atoms with Crippen LogP contribution in [0.2, 0.25) is 0 Å². The van der Waals surface area contributed by atoms with E-state index in [1.807, 2.05) is 5.48 Å². The first-order valence-corrected chi connectivity index (χ1v) is 4.89. The van der Waals surface area contributed by atoms with Gasteiger partial charge in [-0.1, -0.05) is 0 Å². The summed E-state index contributed by atoms with van der Waals surface area (Å²) in [7, 11) is 0. The highest BCUT2D eigenvalue weighted by atomic mass is 16.5. The quantitative estimate of drug-likeness (QED) is 0.436. The minimum Gasteiger partial charge on any atom is -0.477 e. The van der Waals surface area contributed by atoms with Crippen molar-refractivity contribution in [3.05, 3.63) is 18.3 Å². The Morgan fingerprint density at radius 1 is 1.60 bits per heavy atom. The van der Waals surface area contributed by atoms with Gasteiger partial charge in [-0.3, -0.25) is 10.7 Å². The fourth-order valence-corrected chi connectivity index (χ4v) is 1.13. The molecule has 0 spiro atoms. The number of ether oxygens (including phenoxy) is 1. The third-order valence-electron chi connectivity index (χ3n) is 2.16. The summed E-state index contributed by atoms with van der Waals surface area (Å²) in [5.74, 6) is 1.35. The summed E-state index contributed by atoms with van der Waals surface area (Å²) in [5, 5.41) is 8.29. The van der Waals surface area contributed by atoms with Crippen LogP contribution in [0.25, 0.3) is 0 Å². The first-order valence-electron chi connectivity index (χ1n) is 4.89. The zero-order valence-electron chi connectivity index (χ0n) is 8.26. The van der Waals surface area contributed by atoms with Gasteiger partial charge in [-0.05, 0) is 24.8 Å². The van der Waals surface area contributed by atoms with Gasteiger partial charge < -0.3 is 4.74 Å². The zero-order chi connectivity index (χ0) is 10.5. The molecule has 0 aromatic carbocycles. The van der Waals surface area contributed by atoms with E-state index in [9.17, 15) is 0 Å². The molecular weight excluding hydrogens is 194 g/mol. The molecular formula is C10H13N3O2. The molecule has 5 heteroatoms. The Morgan fingerprint density at radius 2 is 2.47 bits per heavy atom. The van der Waals surface area contributed by atoms with E-state index in [2.05, 4.69) is 9.98 Å². The fraction of sp³-hybridized carbons (Fsp3) is 0.400. The van der Waals surface area contributed by atoms with Crippen molar-refractivity contribution in [2.45, 2.75) is 12.8 Å². The van der Waals surface area contributed by atoms with Crippen molar-refractivity contribution >= 4 is 12.0 Å². The van der Waals surface area contributed by atoms with Gasteiger partial charge in [0.05, 0.1) is 18.5 Å². The molecule has 0 amide bonds. The van der Waals surface area contributed by atoms with Gasteiger partial charge in [0.15, 0.2) is 0 Å². The second-order valence-electron chi connectivity index (χ2n) is 3.50.